The number of aromatic nitrogens is 1. The summed E-state index contributed by atoms with van der Waals surface area (Å²) in [5, 5.41) is 3.64. The van der Waals surface area contributed by atoms with Gasteiger partial charge in [0.2, 0.25) is 0 Å². The second kappa shape index (κ2) is 7.53. The minimum Gasteiger partial charge on any atom is -0.494 e. The summed E-state index contributed by atoms with van der Waals surface area (Å²) in [6.07, 6.45) is 1.68. The summed E-state index contributed by atoms with van der Waals surface area (Å²) in [4.78, 5) is 16.6. The highest BCUT2D eigenvalue weighted by Crippen LogP contribution is 2.30. The Morgan fingerprint density at radius 2 is 1.72 bits per heavy atom. The molecule has 3 rings (SSSR count). The van der Waals surface area contributed by atoms with E-state index in [1.807, 2.05) is 24.3 Å². The lowest BCUT2D eigenvalue weighted by molar-refractivity contribution is -0.118. The Bertz CT molecular complexity index is 895. The molecule has 6 nitrogen and oxygen atoms in total. The predicted molar refractivity (Wildman–Crippen MR) is 95.4 cm³/mol. The van der Waals surface area contributed by atoms with Gasteiger partial charge in [0.25, 0.3) is 5.91 Å². The molecule has 0 unspecified atom stereocenters. The molecule has 0 atom stereocenters. The van der Waals surface area contributed by atoms with Crippen LogP contribution in [0.2, 0.25) is 0 Å². The van der Waals surface area contributed by atoms with Crippen molar-refractivity contribution in [3.63, 3.8) is 0 Å². The molecule has 0 spiro atoms. The molecule has 0 aliphatic heterocycles. The molecule has 2 aromatic carbocycles. The number of nitrogens with one attached hydrogen (secondary N) is 1. The third-order valence-electron chi connectivity index (χ3n) is 3.65. The smallest absolute Gasteiger partial charge is 0.262 e. The van der Waals surface area contributed by atoms with Crippen LogP contribution in [0.5, 0.6) is 17.2 Å². The molecule has 0 radical (unpaired) electrons. The van der Waals surface area contributed by atoms with Crippen LogP contribution in [-0.2, 0) is 4.79 Å². The number of rotatable bonds is 6. The van der Waals surface area contributed by atoms with Gasteiger partial charge in [0, 0.05) is 11.6 Å². The number of pyridine rings is 1. The van der Waals surface area contributed by atoms with E-state index in [-0.39, 0.29) is 12.5 Å². The van der Waals surface area contributed by atoms with Crippen LogP contribution in [0.15, 0.2) is 54.7 Å². The van der Waals surface area contributed by atoms with Crippen molar-refractivity contribution in [1.82, 2.24) is 4.98 Å². The summed E-state index contributed by atoms with van der Waals surface area (Å²) in [7, 11) is 3.14. The van der Waals surface area contributed by atoms with Gasteiger partial charge in [-0.2, -0.15) is 0 Å². The number of hydrogen-bond acceptors (Lipinski definition) is 5. The monoisotopic (exact) mass is 338 g/mol. The quantitative estimate of drug-likeness (QED) is 0.747. The van der Waals surface area contributed by atoms with Gasteiger partial charge in [-0.15, -0.1) is 0 Å². The molecular weight excluding hydrogens is 320 g/mol. The van der Waals surface area contributed by atoms with Gasteiger partial charge < -0.3 is 19.5 Å². The molecule has 0 saturated carbocycles. The number of nitrogens with zero attached hydrogens (tertiary/aromatic N) is 1. The van der Waals surface area contributed by atoms with E-state index in [0.717, 1.165) is 5.39 Å². The average Bonchev–Trinajstić information content (AvgIpc) is 2.67. The summed E-state index contributed by atoms with van der Waals surface area (Å²) in [5.74, 6) is 1.47. The molecule has 0 fully saturated rings. The lowest BCUT2D eigenvalue weighted by Crippen LogP contribution is -2.20. The first kappa shape index (κ1) is 16.6. The fraction of sp³-hybridized carbons (Fsp3) is 0.158. The van der Waals surface area contributed by atoms with Crippen LogP contribution in [0.1, 0.15) is 0 Å². The molecule has 0 bridgehead atoms. The van der Waals surface area contributed by atoms with E-state index >= 15 is 0 Å². The molecule has 1 heterocycles. The highest BCUT2D eigenvalue weighted by atomic mass is 16.5. The molecule has 1 N–H and O–H groups in total. The zero-order chi connectivity index (χ0) is 17.6. The van der Waals surface area contributed by atoms with Gasteiger partial charge in [0.15, 0.2) is 18.1 Å². The molecule has 6 heteroatoms. The third kappa shape index (κ3) is 3.63. The molecule has 3 aromatic rings. The lowest BCUT2D eigenvalue weighted by Gasteiger charge is -2.12. The molecule has 128 valence electrons. The minimum absolute atomic E-state index is 0.131. The van der Waals surface area contributed by atoms with E-state index < -0.39 is 0 Å². The maximum absolute atomic E-state index is 12.3. The number of methoxy groups -OCH3 is 2. The molecule has 0 aliphatic rings. The Labute approximate surface area is 145 Å². The van der Waals surface area contributed by atoms with Crippen molar-refractivity contribution in [2.24, 2.45) is 0 Å². The van der Waals surface area contributed by atoms with Gasteiger partial charge in [0.05, 0.1) is 19.9 Å². The van der Waals surface area contributed by atoms with Crippen molar-refractivity contribution in [2.45, 2.75) is 0 Å². The fourth-order valence-electron chi connectivity index (χ4n) is 2.49. The maximum atomic E-state index is 12.3. The van der Waals surface area contributed by atoms with Gasteiger partial charge in [-0.3, -0.25) is 9.78 Å². The number of anilines is 1. The van der Waals surface area contributed by atoms with Crippen LogP contribution >= 0.6 is 0 Å². The van der Waals surface area contributed by atoms with Crippen molar-refractivity contribution < 1.29 is 19.0 Å². The van der Waals surface area contributed by atoms with E-state index in [9.17, 15) is 4.79 Å². The Kier molecular flexibility index (Phi) is 4.99. The Balaban J connectivity index is 1.74. The first-order chi connectivity index (χ1) is 12.2. The molecule has 25 heavy (non-hydrogen) atoms. The largest absolute Gasteiger partial charge is 0.494 e. The normalized spacial score (nSPS) is 10.3. The van der Waals surface area contributed by atoms with Crippen molar-refractivity contribution in [3.8, 4) is 17.2 Å². The van der Waals surface area contributed by atoms with Crippen molar-refractivity contribution >= 4 is 22.5 Å². The molecular formula is C19H18N2O4. The Morgan fingerprint density at radius 1 is 0.960 bits per heavy atom. The van der Waals surface area contributed by atoms with Crippen LogP contribution < -0.4 is 19.5 Å². The van der Waals surface area contributed by atoms with Gasteiger partial charge in [-0.1, -0.05) is 12.1 Å². The van der Waals surface area contributed by atoms with Crippen LogP contribution in [-0.4, -0.2) is 31.7 Å². The number of carbonyl (C=O) groups is 1. The van der Waals surface area contributed by atoms with Crippen LogP contribution in [0.4, 0.5) is 5.69 Å². The number of amides is 1. The molecule has 0 saturated heterocycles. The summed E-state index contributed by atoms with van der Waals surface area (Å²) in [6, 6.07) is 14.4. The lowest BCUT2D eigenvalue weighted by atomic mass is 10.1. The zero-order valence-corrected chi connectivity index (χ0v) is 14.0. The first-order valence-corrected chi connectivity index (χ1v) is 7.70. The highest BCUT2D eigenvalue weighted by Gasteiger charge is 2.11. The molecule has 1 aromatic heterocycles. The Hall–Kier alpha value is -3.28. The highest BCUT2D eigenvalue weighted by molar-refractivity contribution is 6.03. The number of carbonyl (C=O) groups excluding carboxylic acids is 1. The fourth-order valence-corrected chi connectivity index (χ4v) is 2.49. The van der Waals surface area contributed by atoms with E-state index in [2.05, 4.69) is 10.3 Å². The topological polar surface area (TPSA) is 69.7 Å². The van der Waals surface area contributed by atoms with E-state index in [1.165, 1.54) is 0 Å². The minimum atomic E-state index is -0.277. The van der Waals surface area contributed by atoms with Crippen LogP contribution in [0, 0.1) is 0 Å². The van der Waals surface area contributed by atoms with Gasteiger partial charge in [0.1, 0.15) is 11.3 Å². The van der Waals surface area contributed by atoms with Crippen molar-refractivity contribution in [2.75, 3.05) is 26.1 Å². The molecule has 0 aliphatic carbocycles. The number of fused-ring (bicyclic) bond motifs is 1. The van der Waals surface area contributed by atoms with Gasteiger partial charge in [-0.05, 0) is 36.4 Å². The second-order valence-corrected chi connectivity index (χ2v) is 5.20. The number of hydrogen-bond donors (Lipinski definition) is 1. The van der Waals surface area contributed by atoms with Crippen LogP contribution in [0.3, 0.4) is 0 Å². The maximum Gasteiger partial charge on any atom is 0.262 e. The van der Waals surface area contributed by atoms with Gasteiger partial charge in [-0.25, -0.2) is 0 Å². The standard InChI is InChI=1S/C19H18N2O4/c1-23-15-7-3-4-8-16(15)25-12-18(22)21-14-9-10-17(24-2)19-13(14)6-5-11-20-19/h3-11H,12H2,1-2H3,(H,21,22). The summed E-state index contributed by atoms with van der Waals surface area (Å²) in [5.41, 5.74) is 1.34. The second-order valence-electron chi connectivity index (χ2n) is 5.20. The van der Waals surface area contributed by atoms with E-state index in [0.29, 0.717) is 28.5 Å². The number of para-hydroxylation sites is 2. The summed E-state index contributed by atoms with van der Waals surface area (Å²) in [6.45, 7) is -0.131. The van der Waals surface area contributed by atoms with Gasteiger partial charge >= 0.3 is 0 Å². The summed E-state index contributed by atoms with van der Waals surface area (Å²) >= 11 is 0. The number of ether oxygens (including phenoxy) is 3. The van der Waals surface area contributed by atoms with Crippen molar-refractivity contribution in [1.29, 1.82) is 0 Å². The predicted octanol–water partition coefficient (Wildman–Crippen LogP) is 3.27. The summed E-state index contributed by atoms with van der Waals surface area (Å²) < 4.78 is 16.0. The van der Waals surface area contributed by atoms with E-state index in [1.54, 1.807) is 44.7 Å². The molecule has 1 amide bonds. The zero-order valence-electron chi connectivity index (χ0n) is 14.0. The van der Waals surface area contributed by atoms with Crippen LogP contribution in [0.25, 0.3) is 10.9 Å². The third-order valence-corrected chi connectivity index (χ3v) is 3.65. The van der Waals surface area contributed by atoms with E-state index in [4.69, 9.17) is 14.2 Å². The number of benzene rings is 2. The van der Waals surface area contributed by atoms with Crippen molar-refractivity contribution in [3.05, 3.63) is 54.7 Å². The average molecular weight is 338 g/mol. The Morgan fingerprint density at radius 3 is 2.48 bits per heavy atom. The first-order valence-electron chi connectivity index (χ1n) is 7.70. The SMILES string of the molecule is COc1ccccc1OCC(=O)Nc1ccc(OC)c2ncccc12.